The number of nitrogens with zero attached hydrogens (tertiary/aromatic N) is 7. The van der Waals surface area contributed by atoms with Crippen molar-refractivity contribution in [3.05, 3.63) is 57.5 Å². The van der Waals surface area contributed by atoms with Crippen LogP contribution >= 0.6 is 0 Å². The van der Waals surface area contributed by atoms with Gasteiger partial charge in [0.2, 0.25) is 21.9 Å². The molecule has 0 aliphatic carbocycles. The van der Waals surface area contributed by atoms with Crippen LogP contribution in [0.5, 0.6) is 0 Å². The Morgan fingerprint density at radius 2 is 1.68 bits per heavy atom. The number of amides is 1. The molecular weight excluding hydrogens is 462 g/mol. The van der Waals surface area contributed by atoms with Gasteiger partial charge in [0, 0.05) is 59.7 Å². The van der Waals surface area contributed by atoms with E-state index in [1.807, 2.05) is 4.90 Å². The number of aromatic nitrogens is 4. The zero-order valence-corrected chi connectivity index (χ0v) is 19.9. The van der Waals surface area contributed by atoms with E-state index < -0.39 is 21.3 Å². The molecule has 180 valence electrons. The van der Waals surface area contributed by atoms with Gasteiger partial charge in [0.1, 0.15) is 0 Å². The number of carbonyl (C=O) groups is 1. The lowest BCUT2D eigenvalue weighted by Crippen LogP contribution is -2.51. The van der Waals surface area contributed by atoms with E-state index in [0.717, 1.165) is 8.87 Å². The van der Waals surface area contributed by atoms with Gasteiger partial charge in [-0.15, -0.1) is 0 Å². The van der Waals surface area contributed by atoms with Crippen molar-refractivity contribution in [1.29, 1.82) is 0 Å². The molecule has 3 heterocycles. The SMILES string of the molecule is CN(CC(=O)N1CCN(c2ncccn2)CC1)S(=O)(=O)c1ccc2c(c1)c(=O)n(C)c(=O)n2C. The molecule has 13 heteroatoms. The summed E-state index contributed by atoms with van der Waals surface area (Å²) in [6.45, 7) is 1.58. The van der Waals surface area contributed by atoms with Crippen molar-refractivity contribution < 1.29 is 13.2 Å². The van der Waals surface area contributed by atoms with Gasteiger partial charge in [-0.1, -0.05) is 0 Å². The zero-order valence-electron chi connectivity index (χ0n) is 19.1. The summed E-state index contributed by atoms with van der Waals surface area (Å²) in [5.41, 5.74) is -0.769. The summed E-state index contributed by atoms with van der Waals surface area (Å²) in [6.07, 6.45) is 3.31. The number of aryl methyl sites for hydroxylation is 1. The van der Waals surface area contributed by atoms with Gasteiger partial charge in [-0.25, -0.2) is 23.2 Å². The van der Waals surface area contributed by atoms with Crippen molar-refractivity contribution in [2.24, 2.45) is 14.1 Å². The van der Waals surface area contributed by atoms with Crippen molar-refractivity contribution in [2.75, 3.05) is 44.7 Å². The largest absolute Gasteiger partial charge is 0.338 e. The summed E-state index contributed by atoms with van der Waals surface area (Å²) in [7, 11) is 0.113. The number of rotatable bonds is 5. The zero-order chi connectivity index (χ0) is 24.6. The quantitative estimate of drug-likeness (QED) is 0.448. The summed E-state index contributed by atoms with van der Waals surface area (Å²) < 4.78 is 29.4. The Bertz CT molecular complexity index is 1460. The lowest BCUT2D eigenvalue weighted by atomic mass is 10.2. The van der Waals surface area contributed by atoms with E-state index in [9.17, 15) is 22.8 Å². The van der Waals surface area contributed by atoms with E-state index >= 15 is 0 Å². The predicted octanol–water partition coefficient (Wildman–Crippen LogP) is -1.00. The molecule has 1 aliphatic heterocycles. The van der Waals surface area contributed by atoms with Crippen molar-refractivity contribution in [2.45, 2.75) is 4.90 Å². The molecule has 1 amide bonds. The smallest absolute Gasteiger partial charge is 0.330 e. The fraction of sp³-hybridized carbons (Fsp3) is 0.381. The number of hydrogen-bond donors (Lipinski definition) is 0. The first kappa shape index (κ1) is 23.6. The van der Waals surface area contributed by atoms with Crippen LogP contribution in [0.15, 0.2) is 51.1 Å². The molecule has 0 saturated carbocycles. The highest BCUT2D eigenvalue weighted by atomic mass is 32.2. The van der Waals surface area contributed by atoms with Crippen molar-refractivity contribution >= 4 is 32.8 Å². The molecule has 1 aromatic carbocycles. The van der Waals surface area contributed by atoms with Crippen LogP contribution in [0, 0.1) is 0 Å². The number of benzene rings is 1. The highest BCUT2D eigenvalue weighted by molar-refractivity contribution is 7.89. The molecule has 0 atom stereocenters. The van der Waals surface area contributed by atoms with E-state index in [1.54, 1.807) is 23.4 Å². The van der Waals surface area contributed by atoms with Crippen LogP contribution in [0.2, 0.25) is 0 Å². The Morgan fingerprint density at radius 1 is 1.03 bits per heavy atom. The van der Waals surface area contributed by atoms with Gasteiger partial charge in [0.25, 0.3) is 5.56 Å². The highest BCUT2D eigenvalue weighted by Gasteiger charge is 2.28. The maximum atomic E-state index is 13.1. The molecule has 0 radical (unpaired) electrons. The molecule has 3 aromatic rings. The van der Waals surface area contributed by atoms with Gasteiger partial charge in [-0.05, 0) is 24.3 Å². The predicted molar refractivity (Wildman–Crippen MR) is 125 cm³/mol. The number of carbonyl (C=O) groups excluding carboxylic acids is 1. The Morgan fingerprint density at radius 3 is 2.32 bits per heavy atom. The van der Waals surface area contributed by atoms with Crippen molar-refractivity contribution in [1.82, 2.24) is 28.3 Å². The van der Waals surface area contributed by atoms with E-state index in [0.29, 0.717) is 37.6 Å². The van der Waals surface area contributed by atoms with Crippen LogP contribution in [0.25, 0.3) is 10.9 Å². The number of hydrogen-bond acceptors (Lipinski definition) is 8. The van der Waals surface area contributed by atoms with Crippen LogP contribution in [0.1, 0.15) is 0 Å². The molecule has 1 saturated heterocycles. The summed E-state index contributed by atoms with van der Waals surface area (Å²) in [6, 6.07) is 5.72. The molecule has 34 heavy (non-hydrogen) atoms. The standard InChI is InChI=1S/C21H25N7O5S/c1-24(14-18(29)27-9-11-28(12-10-27)20-22-7-4-8-23-20)34(32,33)15-5-6-17-16(13-15)19(30)26(3)21(31)25(17)2/h4-8,13H,9-12,14H2,1-3H3. The summed E-state index contributed by atoms with van der Waals surface area (Å²) >= 11 is 0. The molecular formula is C21H25N7O5S. The summed E-state index contributed by atoms with van der Waals surface area (Å²) in [5, 5.41) is 0.102. The Hall–Kier alpha value is -3.58. The molecule has 2 aromatic heterocycles. The second kappa shape index (κ2) is 8.99. The minimum atomic E-state index is -4.05. The monoisotopic (exact) mass is 487 g/mol. The number of anilines is 1. The van der Waals surface area contributed by atoms with E-state index in [2.05, 4.69) is 9.97 Å². The van der Waals surface area contributed by atoms with Gasteiger partial charge in [0.05, 0.1) is 22.3 Å². The average Bonchev–Trinajstić information content (AvgIpc) is 2.86. The molecule has 1 aliphatic rings. The Kier molecular flexibility index (Phi) is 6.23. The molecule has 0 unspecified atom stereocenters. The number of likely N-dealkylation sites (N-methyl/N-ethyl adjacent to an activating group) is 1. The van der Waals surface area contributed by atoms with Crippen LogP contribution in [0.4, 0.5) is 5.95 Å². The van der Waals surface area contributed by atoms with Gasteiger partial charge in [-0.2, -0.15) is 4.31 Å². The van der Waals surface area contributed by atoms with Crippen molar-refractivity contribution in [3.8, 4) is 0 Å². The fourth-order valence-electron chi connectivity index (χ4n) is 3.90. The molecule has 12 nitrogen and oxygen atoms in total. The Labute approximate surface area is 195 Å². The topological polar surface area (TPSA) is 131 Å². The summed E-state index contributed by atoms with van der Waals surface area (Å²) in [4.78, 5) is 49.3. The third-order valence-corrected chi connectivity index (χ3v) is 7.77. The molecule has 0 N–H and O–H groups in total. The third-order valence-electron chi connectivity index (χ3n) is 5.97. The molecule has 4 rings (SSSR count). The number of sulfonamides is 1. The number of fused-ring (bicyclic) bond motifs is 1. The second-order valence-corrected chi connectivity index (χ2v) is 10.1. The minimum absolute atomic E-state index is 0.102. The normalized spacial score (nSPS) is 14.7. The first-order chi connectivity index (χ1) is 16.1. The summed E-state index contributed by atoms with van der Waals surface area (Å²) in [5.74, 6) is 0.271. The van der Waals surface area contributed by atoms with Gasteiger partial charge >= 0.3 is 5.69 Å². The van der Waals surface area contributed by atoms with E-state index in [4.69, 9.17) is 0 Å². The molecule has 0 bridgehead atoms. The maximum Gasteiger partial charge on any atom is 0.330 e. The lowest BCUT2D eigenvalue weighted by Gasteiger charge is -2.35. The van der Waals surface area contributed by atoms with Gasteiger partial charge < -0.3 is 9.80 Å². The van der Waals surface area contributed by atoms with Crippen LogP contribution < -0.4 is 16.1 Å². The lowest BCUT2D eigenvalue weighted by molar-refractivity contribution is -0.131. The Balaban J connectivity index is 1.49. The maximum absolute atomic E-state index is 13.1. The van der Waals surface area contributed by atoms with Crippen LogP contribution in [0.3, 0.4) is 0 Å². The second-order valence-electron chi connectivity index (χ2n) is 8.06. The highest BCUT2D eigenvalue weighted by Crippen LogP contribution is 2.19. The minimum Gasteiger partial charge on any atom is -0.338 e. The van der Waals surface area contributed by atoms with Crippen LogP contribution in [-0.2, 0) is 28.9 Å². The first-order valence-corrected chi connectivity index (χ1v) is 12.0. The first-order valence-electron chi connectivity index (χ1n) is 10.6. The van der Waals surface area contributed by atoms with E-state index in [-0.39, 0.29) is 22.7 Å². The average molecular weight is 488 g/mol. The van der Waals surface area contributed by atoms with Crippen LogP contribution in [-0.4, -0.2) is 82.4 Å². The van der Waals surface area contributed by atoms with E-state index in [1.165, 1.54) is 43.9 Å². The molecule has 0 spiro atoms. The van der Waals surface area contributed by atoms with Gasteiger partial charge in [-0.3, -0.25) is 18.7 Å². The number of piperazine rings is 1. The van der Waals surface area contributed by atoms with Gasteiger partial charge in [0.15, 0.2) is 0 Å². The molecule has 1 fully saturated rings. The third kappa shape index (κ3) is 4.19. The fourth-order valence-corrected chi connectivity index (χ4v) is 5.05. The van der Waals surface area contributed by atoms with Crippen molar-refractivity contribution in [3.63, 3.8) is 0 Å².